The Labute approximate surface area is 165 Å². The van der Waals surface area contributed by atoms with Gasteiger partial charge in [0.05, 0.1) is 12.7 Å². The normalized spacial score (nSPS) is 25.8. The van der Waals surface area contributed by atoms with E-state index in [0.717, 1.165) is 0 Å². The van der Waals surface area contributed by atoms with Gasteiger partial charge in [0, 0.05) is 12.1 Å². The summed E-state index contributed by atoms with van der Waals surface area (Å²) < 4.78 is 151. The third-order valence-corrected chi connectivity index (χ3v) is 4.85. The summed E-state index contributed by atoms with van der Waals surface area (Å²) in [6.45, 7) is -0.855. The molecular formula is C14H15F12NO4. The fourth-order valence-electron chi connectivity index (χ4n) is 3.50. The van der Waals surface area contributed by atoms with Gasteiger partial charge < -0.3 is 14.9 Å². The van der Waals surface area contributed by atoms with Gasteiger partial charge in [0.2, 0.25) is 0 Å². The van der Waals surface area contributed by atoms with E-state index in [0.29, 0.717) is 6.42 Å². The lowest BCUT2D eigenvalue weighted by atomic mass is 9.93. The molecule has 2 aliphatic rings. The number of fused-ring (bicyclic) bond motifs is 1. The van der Waals surface area contributed by atoms with E-state index < -0.39 is 67.5 Å². The molecule has 0 saturated carbocycles. The molecule has 2 saturated heterocycles. The molecule has 2 fully saturated rings. The van der Waals surface area contributed by atoms with E-state index >= 15 is 0 Å². The second-order valence-corrected chi connectivity index (χ2v) is 6.85. The molecule has 0 aromatic heterocycles. The lowest BCUT2D eigenvalue weighted by molar-refractivity contribution is -0.463. The summed E-state index contributed by atoms with van der Waals surface area (Å²) in [5.74, 6) is -2.76. The zero-order valence-electron chi connectivity index (χ0n) is 15.0. The molecule has 5 nitrogen and oxygen atoms in total. The Bertz CT molecular complexity index is 605. The number of hydrogen-bond donors (Lipinski definition) is 2. The number of hydrogen-bond acceptors (Lipinski definition) is 4. The first-order valence-electron chi connectivity index (χ1n) is 8.18. The van der Waals surface area contributed by atoms with Crippen molar-refractivity contribution in [3.8, 4) is 0 Å². The van der Waals surface area contributed by atoms with Crippen molar-refractivity contribution in [2.24, 2.45) is 0 Å². The first-order valence-corrected chi connectivity index (χ1v) is 8.18. The lowest BCUT2D eigenvalue weighted by Crippen LogP contribution is -2.68. The minimum absolute atomic E-state index is 0.261. The highest BCUT2D eigenvalue weighted by atomic mass is 19.4. The van der Waals surface area contributed by atoms with Crippen molar-refractivity contribution < 1.29 is 72.4 Å². The van der Waals surface area contributed by atoms with Crippen LogP contribution in [0, 0.1) is 0 Å². The average molecular weight is 489 g/mol. The highest BCUT2D eigenvalue weighted by Gasteiger charge is 2.86. The van der Waals surface area contributed by atoms with Gasteiger partial charge in [0.25, 0.3) is 0 Å². The number of ether oxygens (including phenoxy) is 1. The summed E-state index contributed by atoms with van der Waals surface area (Å²) in [4.78, 5) is 10.3. The maximum absolute atomic E-state index is 12.9. The van der Waals surface area contributed by atoms with Crippen LogP contribution < -0.4 is 0 Å². The van der Waals surface area contributed by atoms with Crippen LogP contribution in [-0.2, 0) is 9.53 Å². The van der Waals surface area contributed by atoms with Crippen LogP contribution in [-0.4, -0.2) is 82.7 Å². The van der Waals surface area contributed by atoms with Gasteiger partial charge in [0.1, 0.15) is 0 Å². The van der Waals surface area contributed by atoms with E-state index in [4.69, 9.17) is 9.90 Å². The van der Waals surface area contributed by atoms with Crippen molar-refractivity contribution in [1.29, 1.82) is 0 Å². The van der Waals surface area contributed by atoms with Crippen molar-refractivity contribution >= 4 is 5.97 Å². The summed E-state index contributed by atoms with van der Waals surface area (Å²) in [6.07, 6.45) is -27.0. The maximum atomic E-state index is 12.9. The molecule has 184 valence electrons. The van der Waals surface area contributed by atoms with Gasteiger partial charge in [0.15, 0.2) is 0 Å². The number of alkyl halides is 12. The van der Waals surface area contributed by atoms with E-state index in [9.17, 15) is 57.8 Å². The number of aliphatic hydroxyl groups is 1. The number of nitrogens with zero attached hydrogens (tertiary/aromatic N) is 1. The fourth-order valence-corrected chi connectivity index (χ4v) is 3.50. The third kappa shape index (κ3) is 5.30. The van der Waals surface area contributed by atoms with Crippen LogP contribution in [0.5, 0.6) is 0 Å². The molecule has 0 radical (unpaired) electrons. The molecule has 17 heteroatoms. The minimum atomic E-state index is -6.73. The Balaban J connectivity index is 0.000000592. The highest BCUT2D eigenvalue weighted by molar-refractivity contribution is 5.73. The molecule has 0 bridgehead atoms. The van der Waals surface area contributed by atoms with E-state index in [1.807, 2.05) is 0 Å². The van der Waals surface area contributed by atoms with Crippen molar-refractivity contribution in [2.45, 2.75) is 61.2 Å². The molecule has 0 amide bonds. The molecule has 2 heterocycles. The van der Waals surface area contributed by atoms with Crippen molar-refractivity contribution in [2.75, 3.05) is 19.7 Å². The molecule has 31 heavy (non-hydrogen) atoms. The van der Waals surface area contributed by atoms with E-state index in [-0.39, 0.29) is 13.0 Å². The van der Waals surface area contributed by atoms with Crippen LogP contribution in [0.15, 0.2) is 0 Å². The first kappa shape index (κ1) is 27.5. The van der Waals surface area contributed by atoms with Crippen LogP contribution >= 0.6 is 0 Å². The van der Waals surface area contributed by atoms with Crippen LogP contribution in [0.3, 0.4) is 0 Å². The van der Waals surface area contributed by atoms with Gasteiger partial charge in [-0.15, -0.1) is 0 Å². The van der Waals surface area contributed by atoms with Gasteiger partial charge in [-0.25, -0.2) is 4.79 Å². The molecule has 0 aromatic carbocycles. The third-order valence-electron chi connectivity index (χ3n) is 4.85. The molecule has 2 rings (SSSR count). The van der Waals surface area contributed by atoms with Crippen molar-refractivity contribution in [3.63, 3.8) is 0 Å². The minimum Gasteiger partial charge on any atom is -0.475 e. The largest absolute Gasteiger partial charge is 0.490 e. The second-order valence-electron chi connectivity index (χ2n) is 6.85. The van der Waals surface area contributed by atoms with Gasteiger partial charge >= 0.3 is 36.3 Å². The van der Waals surface area contributed by atoms with Crippen molar-refractivity contribution in [3.05, 3.63) is 0 Å². The predicted octanol–water partition coefficient (Wildman–Crippen LogP) is 3.66. The molecular weight excluding hydrogens is 474 g/mol. The summed E-state index contributed by atoms with van der Waals surface area (Å²) in [7, 11) is 0. The summed E-state index contributed by atoms with van der Waals surface area (Å²) in [5, 5.41) is 16.5. The van der Waals surface area contributed by atoms with Gasteiger partial charge in [-0.05, 0) is 25.8 Å². The lowest BCUT2D eigenvalue weighted by Gasteiger charge is -2.39. The van der Waals surface area contributed by atoms with Gasteiger partial charge in [-0.1, -0.05) is 0 Å². The monoisotopic (exact) mass is 489 g/mol. The maximum Gasteiger partial charge on any atom is 0.490 e. The standard InChI is InChI=1S/C12H14F9NO2.C2HF3O2/c13-10(14,15)9(11(16,17)18,12(19,20)21)24-7-4-8(6-23)2-1-3-22(8)5-7;3-2(4,5)1(6)7/h7,23H,1-6H2;(H,6,7)/t7-,8-;/m1./s1. The van der Waals surface area contributed by atoms with Crippen LogP contribution in [0.25, 0.3) is 0 Å². The average Bonchev–Trinajstić information content (AvgIpc) is 3.05. The molecule has 2 aliphatic heterocycles. The van der Waals surface area contributed by atoms with Crippen LogP contribution in [0.2, 0.25) is 0 Å². The van der Waals surface area contributed by atoms with Crippen molar-refractivity contribution in [1.82, 2.24) is 4.90 Å². The summed E-state index contributed by atoms with van der Waals surface area (Å²) in [6, 6.07) is 0. The smallest absolute Gasteiger partial charge is 0.475 e. The number of carboxylic acids is 1. The van der Waals surface area contributed by atoms with E-state index in [1.165, 1.54) is 4.90 Å². The quantitative estimate of drug-likeness (QED) is 0.593. The SMILES string of the molecule is O=C(O)C(F)(F)F.OC[C@]12CCCN1C[C@H](OC(C(F)(F)F)(C(F)(F)F)C(F)(F)F)C2. The molecule has 2 N–H and O–H groups in total. The van der Waals surface area contributed by atoms with Crippen LogP contribution in [0.1, 0.15) is 19.3 Å². The first-order chi connectivity index (χ1) is 13.6. The Morgan fingerprint density at radius 3 is 1.65 bits per heavy atom. The number of carboxylic acid groups (broad SMARTS) is 1. The zero-order chi connectivity index (χ0) is 24.7. The molecule has 0 aromatic rings. The number of aliphatic hydroxyl groups excluding tert-OH is 1. The summed E-state index contributed by atoms with van der Waals surface area (Å²) in [5.41, 5.74) is -7.38. The highest BCUT2D eigenvalue weighted by Crippen LogP contribution is 2.56. The Kier molecular flexibility index (Phi) is 7.51. The Hall–Kier alpha value is -1.49. The number of aliphatic carboxylic acids is 1. The summed E-state index contributed by atoms with van der Waals surface area (Å²) >= 11 is 0. The topological polar surface area (TPSA) is 70.0 Å². The zero-order valence-corrected chi connectivity index (χ0v) is 15.0. The van der Waals surface area contributed by atoms with E-state index in [2.05, 4.69) is 4.74 Å². The van der Waals surface area contributed by atoms with E-state index in [1.54, 1.807) is 0 Å². The molecule has 0 aliphatic carbocycles. The second kappa shape index (κ2) is 8.46. The predicted molar refractivity (Wildman–Crippen MR) is 74.7 cm³/mol. The molecule has 2 atom stereocenters. The Morgan fingerprint density at radius 1 is 0.935 bits per heavy atom. The van der Waals surface area contributed by atoms with Gasteiger partial charge in [-0.2, -0.15) is 52.7 Å². The van der Waals surface area contributed by atoms with Gasteiger partial charge in [-0.3, -0.25) is 4.90 Å². The molecule has 0 spiro atoms. The fraction of sp³-hybridized carbons (Fsp3) is 0.929. The molecule has 0 unspecified atom stereocenters. The number of carbonyl (C=O) groups is 1. The Morgan fingerprint density at radius 2 is 1.35 bits per heavy atom. The van der Waals surface area contributed by atoms with Crippen LogP contribution in [0.4, 0.5) is 52.7 Å². The number of rotatable bonds is 3. The number of halogens is 12.